The Kier molecular flexibility index (Phi) is 6.15. The first-order valence-electron chi connectivity index (χ1n) is 7.49. The van der Waals surface area contributed by atoms with Crippen LogP contribution in [0.5, 0.6) is 0 Å². The summed E-state index contributed by atoms with van der Waals surface area (Å²) in [7, 11) is -1.47. The van der Waals surface area contributed by atoms with E-state index in [2.05, 4.69) is 29.4 Å². The fourth-order valence-electron chi connectivity index (χ4n) is 2.39. The lowest BCUT2D eigenvalue weighted by Gasteiger charge is -2.18. The van der Waals surface area contributed by atoms with Gasteiger partial charge in [0, 0.05) is 25.3 Å². The van der Waals surface area contributed by atoms with Crippen LogP contribution in [-0.2, 0) is 22.3 Å². The predicted octanol–water partition coefficient (Wildman–Crippen LogP) is 2.02. The normalized spacial score (nSPS) is 11.6. The second-order valence-corrected chi connectivity index (χ2v) is 7.23. The van der Waals surface area contributed by atoms with E-state index in [1.54, 1.807) is 6.07 Å². The summed E-state index contributed by atoms with van der Waals surface area (Å²) in [5.74, 6) is -0.157. The van der Waals surface area contributed by atoms with Crippen LogP contribution in [0.4, 0.5) is 5.69 Å². The van der Waals surface area contributed by atoms with Gasteiger partial charge in [0.05, 0.1) is 5.75 Å². The minimum absolute atomic E-state index is 0.157. The summed E-state index contributed by atoms with van der Waals surface area (Å²) in [6, 6.07) is 17.6. The number of nitrogens with zero attached hydrogens (tertiary/aromatic N) is 1. The molecule has 0 atom stereocenters. The summed E-state index contributed by atoms with van der Waals surface area (Å²) in [4.78, 5) is 2.21. The van der Waals surface area contributed by atoms with Gasteiger partial charge >= 0.3 is 0 Å². The van der Waals surface area contributed by atoms with Gasteiger partial charge in [0.25, 0.3) is 0 Å². The molecule has 0 aliphatic heterocycles. The molecule has 2 aromatic rings. The average molecular weight is 333 g/mol. The minimum atomic E-state index is -3.53. The van der Waals surface area contributed by atoms with Crippen LogP contribution in [0.3, 0.4) is 0 Å². The van der Waals surface area contributed by atoms with Crippen LogP contribution >= 0.6 is 0 Å². The lowest BCUT2D eigenvalue weighted by Crippen LogP contribution is -2.25. The highest BCUT2D eigenvalue weighted by molar-refractivity contribution is 7.88. The number of benzene rings is 2. The van der Waals surface area contributed by atoms with E-state index in [0.29, 0.717) is 5.56 Å². The molecule has 0 aliphatic rings. The van der Waals surface area contributed by atoms with Crippen molar-refractivity contribution in [3.63, 3.8) is 0 Å². The number of likely N-dealkylation sites (N-methyl/N-ethyl adjacent to an activating group) is 1. The topological polar surface area (TPSA) is 75.4 Å². The first-order chi connectivity index (χ1) is 10.9. The molecule has 2 rings (SSSR count). The van der Waals surface area contributed by atoms with Crippen molar-refractivity contribution in [3.05, 3.63) is 65.7 Å². The third kappa shape index (κ3) is 6.40. The standard InChI is InChI=1S/C17H23N3O2S/c1-20(13-15-7-3-2-4-8-15)12-11-19-17-10-6-5-9-16(17)14-23(18,21)22/h2-10,19H,11-14H2,1H3,(H2,18,21,22). The van der Waals surface area contributed by atoms with E-state index in [1.165, 1.54) is 5.56 Å². The zero-order chi connectivity index (χ0) is 16.7. The predicted molar refractivity (Wildman–Crippen MR) is 94.5 cm³/mol. The highest BCUT2D eigenvalue weighted by Crippen LogP contribution is 2.16. The van der Waals surface area contributed by atoms with Crippen LogP contribution in [-0.4, -0.2) is 33.5 Å². The van der Waals surface area contributed by atoms with Crippen molar-refractivity contribution >= 4 is 15.7 Å². The van der Waals surface area contributed by atoms with Gasteiger partial charge in [0.15, 0.2) is 0 Å². The fraction of sp³-hybridized carbons (Fsp3) is 0.294. The van der Waals surface area contributed by atoms with Crippen molar-refractivity contribution in [3.8, 4) is 0 Å². The van der Waals surface area contributed by atoms with E-state index >= 15 is 0 Å². The Labute approximate surface area is 138 Å². The van der Waals surface area contributed by atoms with Gasteiger partial charge in [-0.15, -0.1) is 0 Å². The average Bonchev–Trinajstić information content (AvgIpc) is 2.48. The monoisotopic (exact) mass is 333 g/mol. The zero-order valence-electron chi connectivity index (χ0n) is 13.3. The molecule has 23 heavy (non-hydrogen) atoms. The van der Waals surface area contributed by atoms with Crippen molar-refractivity contribution in [2.45, 2.75) is 12.3 Å². The third-order valence-corrected chi connectivity index (χ3v) is 4.19. The quantitative estimate of drug-likeness (QED) is 0.775. The number of primary sulfonamides is 1. The highest BCUT2D eigenvalue weighted by Gasteiger charge is 2.09. The molecule has 0 amide bonds. The van der Waals surface area contributed by atoms with Crippen LogP contribution < -0.4 is 10.5 Å². The smallest absolute Gasteiger partial charge is 0.213 e. The molecule has 0 radical (unpaired) electrons. The summed E-state index contributed by atoms with van der Waals surface area (Å²) in [5.41, 5.74) is 2.78. The number of hydrogen-bond acceptors (Lipinski definition) is 4. The number of anilines is 1. The van der Waals surface area contributed by atoms with E-state index in [1.807, 2.05) is 36.4 Å². The van der Waals surface area contributed by atoms with Gasteiger partial charge in [-0.25, -0.2) is 13.6 Å². The number of para-hydroxylation sites is 1. The van der Waals surface area contributed by atoms with Crippen molar-refractivity contribution in [2.75, 3.05) is 25.5 Å². The zero-order valence-corrected chi connectivity index (χ0v) is 14.1. The van der Waals surface area contributed by atoms with Gasteiger partial charge in [-0.1, -0.05) is 48.5 Å². The van der Waals surface area contributed by atoms with Gasteiger partial charge in [-0.05, 0) is 24.2 Å². The number of rotatable bonds is 8. The van der Waals surface area contributed by atoms with E-state index in [-0.39, 0.29) is 5.75 Å². The molecule has 6 heteroatoms. The second-order valence-electron chi connectivity index (χ2n) is 5.61. The number of nitrogens with two attached hydrogens (primary N) is 1. The van der Waals surface area contributed by atoms with Crippen molar-refractivity contribution in [1.82, 2.24) is 4.90 Å². The maximum atomic E-state index is 11.3. The Morgan fingerprint density at radius 3 is 2.39 bits per heavy atom. The summed E-state index contributed by atoms with van der Waals surface area (Å²) < 4.78 is 22.6. The SMILES string of the molecule is CN(CCNc1ccccc1CS(N)(=O)=O)Cc1ccccc1. The Bertz CT molecular complexity index is 718. The molecule has 0 aromatic heterocycles. The summed E-state index contributed by atoms with van der Waals surface area (Å²) in [6.45, 7) is 2.45. The van der Waals surface area contributed by atoms with Gasteiger partial charge in [0.1, 0.15) is 0 Å². The molecule has 0 saturated heterocycles. The van der Waals surface area contributed by atoms with Crippen LogP contribution in [0, 0.1) is 0 Å². The Hall–Kier alpha value is -1.89. The van der Waals surface area contributed by atoms with Crippen LogP contribution in [0.1, 0.15) is 11.1 Å². The Morgan fingerprint density at radius 1 is 1.04 bits per heavy atom. The number of hydrogen-bond donors (Lipinski definition) is 2. The van der Waals surface area contributed by atoms with Gasteiger partial charge in [0.2, 0.25) is 10.0 Å². The highest BCUT2D eigenvalue weighted by atomic mass is 32.2. The Balaban J connectivity index is 1.86. The molecular formula is C17H23N3O2S. The lowest BCUT2D eigenvalue weighted by molar-refractivity contribution is 0.340. The van der Waals surface area contributed by atoms with E-state index in [9.17, 15) is 8.42 Å². The largest absolute Gasteiger partial charge is 0.384 e. The van der Waals surface area contributed by atoms with Gasteiger partial charge in [-0.3, -0.25) is 0 Å². The Morgan fingerprint density at radius 2 is 1.70 bits per heavy atom. The van der Waals surface area contributed by atoms with Crippen molar-refractivity contribution in [2.24, 2.45) is 5.14 Å². The molecule has 0 saturated carbocycles. The van der Waals surface area contributed by atoms with E-state index in [4.69, 9.17) is 5.14 Å². The van der Waals surface area contributed by atoms with Gasteiger partial charge in [-0.2, -0.15) is 0 Å². The van der Waals surface area contributed by atoms with Crippen molar-refractivity contribution in [1.29, 1.82) is 0 Å². The molecule has 2 aromatic carbocycles. The first kappa shape index (κ1) is 17.5. The number of nitrogens with one attached hydrogen (secondary N) is 1. The van der Waals surface area contributed by atoms with Crippen molar-refractivity contribution < 1.29 is 8.42 Å². The molecule has 0 heterocycles. The molecular weight excluding hydrogens is 310 g/mol. The maximum absolute atomic E-state index is 11.3. The summed E-state index contributed by atoms with van der Waals surface area (Å²) >= 11 is 0. The molecule has 0 unspecified atom stereocenters. The second kappa shape index (κ2) is 8.10. The van der Waals surface area contributed by atoms with Crippen LogP contribution in [0.15, 0.2) is 54.6 Å². The van der Waals surface area contributed by atoms with Gasteiger partial charge < -0.3 is 10.2 Å². The van der Waals surface area contributed by atoms with Crippen LogP contribution in [0.25, 0.3) is 0 Å². The third-order valence-electron chi connectivity index (χ3n) is 3.48. The lowest BCUT2D eigenvalue weighted by atomic mass is 10.2. The molecule has 0 aliphatic carbocycles. The van der Waals surface area contributed by atoms with Crippen LogP contribution in [0.2, 0.25) is 0 Å². The molecule has 0 fully saturated rings. The first-order valence-corrected chi connectivity index (χ1v) is 9.20. The van der Waals surface area contributed by atoms with E-state index < -0.39 is 10.0 Å². The molecule has 0 bridgehead atoms. The summed E-state index contributed by atoms with van der Waals surface area (Å²) in [5, 5.41) is 8.43. The fourth-order valence-corrected chi connectivity index (χ4v) is 3.08. The molecule has 3 N–H and O–H groups in total. The van der Waals surface area contributed by atoms with E-state index in [0.717, 1.165) is 25.3 Å². The molecule has 5 nitrogen and oxygen atoms in total. The molecule has 124 valence electrons. The summed E-state index contributed by atoms with van der Waals surface area (Å²) in [6.07, 6.45) is 0. The molecule has 0 spiro atoms. The minimum Gasteiger partial charge on any atom is -0.384 e. The number of sulfonamides is 1. The maximum Gasteiger partial charge on any atom is 0.213 e.